The Morgan fingerprint density at radius 3 is 1.93 bits per heavy atom. The third-order valence-corrected chi connectivity index (χ3v) is 6.36. The van der Waals surface area contributed by atoms with Crippen molar-refractivity contribution in [1.29, 1.82) is 0 Å². The summed E-state index contributed by atoms with van der Waals surface area (Å²) >= 11 is 0. The Labute approximate surface area is 175 Å². The van der Waals surface area contributed by atoms with Crippen LogP contribution in [0, 0.1) is 0 Å². The number of para-hydroxylation sites is 1. The van der Waals surface area contributed by atoms with Crippen LogP contribution in [0.5, 0.6) is 0 Å². The Kier molecular flexibility index (Phi) is 6.64. The molecule has 3 rings (SSSR count). The van der Waals surface area contributed by atoms with Gasteiger partial charge in [-0.25, -0.2) is 13.2 Å². The van der Waals surface area contributed by atoms with Crippen LogP contribution in [0.1, 0.15) is 27.6 Å². The molecule has 3 aromatic rings. The number of Topliss-reactive ketones (excluding diaryl/α,β-unsaturated/α-hetero) is 1. The number of hydrogen-bond acceptors (Lipinski definition) is 5. The van der Waals surface area contributed by atoms with E-state index < -0.39 is 16.0 Å². The number of sulfonamides is 1. The number of benzene rings is 3. The fourth-order valence-corrected chi connectivity index (χ4v) is 4.37. The van der Waals surface area contributed by atoms with Crippen LogP contribution < -0.4 is 4.31 Å². The molecule has 3 aromatic carbocycles. The molecule has 0 saturated carbocycles. The second-order valence-corrected chi connectivity index (χ2v) is 8.26. The largest absolute Gasteiger partial charge is 0.454 e. The summed E-state index contributed by atoms with van der Waals surface area (Å²) in [5.41, 5.74) is 1.17. The van der Waals surface area contributed by atoms with Gasteiger partial charge in [-0.2, -0.15) is 0 Å². The molecular formula is C23H21NO5S. The lowest BCUT2D eigenvalue weighted by Crippen LogP contribution is -2.30. The lowest BCUT2D eigenvalue weighted by Gasteiger charge is -2.22. The van der Waals surface area contributed by atoms with E-state index in [1.807, 2.05) is 6.07 Å². The van der Waals surface area contributed by atoms with Crippen molar-refractivity contribution in [2.75, 3.05) is 17.5 Å². The maximum absolute atomic E-state index is 13.0. The van der Waals surface area contributed by atoms with Gasteiger partial charge in [-0.15, -0.1) is 0 Å². The van der Waals surface area contributed by atoms with Gasteiger partial charge in [0.25, 0.3) is 10.0 Å². The van der Waals surface area contributed by atoms with Gasteiger partial charge in [0.2, 0.25) is 0 Å². The predicted molar refractivity (Wildman–Crippen MR) is 114 cm³/mol. The fourth-order valence-electron chi connectivity index (χ4n) is 2.90. The van der Waals surface area contributed by atoms with Crippen LogP contribution >= 0.6 is 0 Å². The smallest absolute Gasteiger partial charge is 0.338 e. The first kappa shape index (κ1) is 21.3. The molecule has 0 saturated heterocycles. The van der Waals surface area contributed by atoms with Crippen molar-refractivity contribution in [3.8, 4) is 0 Å². The van der Waals surface area contributed by atoms with E-state index in [4.69, 9.17) is 4.74 Å². The molecule has 154 valence electrons. The average molecular weight is 423 g/mol. The van der Waals surface area contributed by atoms with Crippen molar-refractivity contribution in [3.63, 3.8) is 0 Å². The van der Waals surface area contributed by atoms with E-state index >= 15 is 0 Å². The van der Waals surface area contributed by atoms with Crippen LogP contribution in [0.3, 0.4) is 0 Å². The minimum Gasteiger partial charge on any atom is -0.454 e. The minimum atomic E-state index is -3.78. The van der Waals surface area contributed by atoms with E-state index in [2.05, 4.69) is 0 Å². The van der Waals surface area contributed by atoms with Crippen molar-refractivity contribution in [3.05, 3.63) is 96.1 Å². The van der Waals surface area contributed by atoms with Crippen LogP contribution in [0.25, 0.3) is 0 Å². The van der Waals surface area contributed by atoms with Gasteiger partial charge in [-0.05, 0) is 43.3 Å². The van der Waals surface area contributed by atoms with Gasteiger partial charge in [-0.3, -0.25) is 9.10 Å². The molecule has 0 bridgehead atoms. The van der Waals surface area contributed by atoms with E-state index in [-0.39, 0.29) is 29.4 Å². The van der Waals surface area contributed by atoms with E-state index in [9.17, 15) is 18.0 Å². The summed E-state index contributed by atoms with van der Waals surface area (Å²) in [6.45, 7) is 1.62. The van der Waals surface area contributed by atoms with Gasteiger partial charge in [-0.1, -0.05) is 48.5 Å². The minimum absolute atomic E-state index is 0.0603. The molecule has 30 heavy (non-hydrogen) atoms. The fraction of sp³-hybridized carbons (Fsp3) is 0.130. The normalized spacial score (nSPS) is 11.0. The second kappa shape index (κ2) is 9.37. The van der Waals surface area contributed by atoms with Crippen LogP contribution in [0.15, 0.2) is 89.8 Å². The van der Waals surface area contributed by atoms with E-state index in [1.54, 1.807) is 61.5 Å². The molecule has 0 radical (unpaired) electrons. The van der Waals surface area contributed by atoms with Crippen molar-refractivity contribution in [1.82, 2.24) is 0 Å². The maximum Gasteiger partial charge on any atom is 0.338 e. The van der Waals surface area contributed by atoms with E-state index in [0.717, 1.165) is 0 Å². The standard InChI is InChI=1S/C23H21NO5S/c1-2-24(20-11-7-4-8-12-20)30(27,28)21-15-13-19(14-16-21)23(26)29-17-22(25)18-9-5-3-6-10-18/h3-16H,2,17H2,1H3. The molecule has 0 aliphatic rings. The van der Waals surface area contributed by atoms with E-state index in [1.165, 1.54) is 28.6 Å². The van der Waals surface area contributed by atoms with Gasteiger partial charge >= 0.3 is 5.97 Å². The number of rotatable bonds is 8. The molecule has 0 atom stereocenters. The van der Waals surface area contributed by atoms with Crippen molar-refractivity contribution >= 4 is 27.5 Å². The third-order valence-electron chi connectivity index (χ3n) is 4.44. The van der Waals surface area contributed by atoms with Gasteiger partial charge in [0.15, 0.2) is 12.4 Å². The van der Waals surface area contributed by atoms with Crippen LogP contribution in [0.4, 0.5) is 5.69 Å². The summed E-state index contributed by atoms with van der Waals surface area (Å²) in [5.74, 6) is -1.01. The zero-order chi connectivity index (χ0) is 21.6. The lowest BCUT2D eigenvalue weighted by atomic mass is 10.1. The predicted octanol–water partition coefficient (Wildman–Crippen LogP) is 3.94. The third kappa shape index (κ3) is 4.75. The first-order valence-electron chi connectivity index (χ1n) is 9.36. The number of carbonyl (C=O) groups is 2. The molecule has 0 heterocycles. The molecule has 0 aromatic heterocycles. The number of ketones is 1. The summed E-state index contributed by atoms with van der Waals surface area (Å²) in [7, 11) is -3.78. The van der Waals surface area contributed by atoms with Crippen LogP contribution in [-0.2, 0) is 14.8 Å². The molecule has 0 unspecified atom stereocenters. The molecule has 0 amide bonds. The lowest BCUT2D eigenvalue weighted by molar-refractivity contribution is 0.0474. The molecule has 0 N–H and O–H groups in total. The Balaban J connectivity index is 1.70. The summed E-state index contributed by atoms with van der Waals surface area (Å²) in [5, 5.41) is 0. The molecule has 0 spiro atoms. The number of nitrogens with zero attached hydrogens (tertiary/aromatic N) is 1. The Morgan fingerprint density at radius 2 is 1.37 bits per heavy atom. The first-order chi connectivity index (χ1) is 14.4. The molecule has 0 aliphatic heterocycles. The highest BCUT2D eigenvalue weighted by Crippen LogP contribution is 2.23. The number of anilines is 1. The van der Waals surface area contributed by atoms with Crippen LogP contribution in [-0.4, -0.2) is 33.3 Å². The average Bonchev–Trinajstić information content (AvgIpc) is 2.79. The Morgan fingerprint density at radius 1 is 0.800 bits per heavy atom. The summed E-state index contributed by atoms with van der Waals surface area (Å²) < 4.78 is 32.3. The van der Waals surface area contributed by atoms with Gasteiger partial charge in [0, 0.05) is 12.1 Å². The number of hydrogen-bond donors (Lipinski definition) is 0. The highest BCUT2D eigenvalue weighted by molar-refractivity contribution is 7.92. The Hall–Kier alpha value is -3.45. The number of esters is 1. The molecule has 6 nitrogen and oxygen atoms in total. The molecule has 7 heteroatoms. The van der Waals surface area contributed by atoms with Crippen molar-refractivity contribution in [2.45, 2.75) is 11.8 Å². The van der Waals surface area contributed by atoms with Crippen molar-refractivity contribution < 1.29 is 22.7 Å². The maximum atomic E-state index is 13.0. The quantitative estimate of drug-likeness (QED) is 0.405. The topological polar surface area (TPSA) is 80.8 Å². The summed E-state index contributed by atoms with van der Waals surface area (Å²) in [6.07, 6.45) is 0. The highest BCUT2D eigenvalue weighted by atomic mass is 32.2. The van der Waals surface area contributed by atoms with E-state index in [0.29, 0.717) is 11.3 Å². The second-order valence-electron chi connectivity index (χ2n) is 6.40. The van der Waals surface area contributed by atoms with Gasteiger partial charge < -0.3 is 4.74 Å². The molecular weight excluding hydrogens is 402 g/mol. The van der Waals surface area contributed by atoms with Gasteiger partial charge in [0.05, 0.1) is 16.1 Å². The number of ether oxygens (including phenoxy) is 1. The molecule has 0 aliphatic carbocycles. The molecule has 0 fully saturated rings. The zero-order valence-corrected chi connectivity index (χ0v) is 17.2. The Bertz CT molecular complexity index is 1110. The highest BCUT2D eigenvalue weighted by Gasteiger charge is 2.24. The monoisotopic (exact) mass is 423 g/mol. The summed E-state index contributed by atoms with van der Waals surface area (Å²) in [6, 6.07) is 22.8. The van der Waals surface area contributed by atoms with Crippen molar-refractivity contribution in [2.24, 2.45) is 0 Å². The van der Waals surface area contributed by atoms with Gasteiger partial charge in [0.1, 0.15) is 0 Å². The SMILES string of the molecule is CCN(c1ccccc1)S(=O)(=O)c1ccc(C(=O)OCC(=O)c2ccccc2)cc1. The first-order valence-corrected chi connectivity index (χ1v) is 10.8. The zero-order valence-electron chi connectivity index (χ0n) is 16.4. The van der Waals surface area contributed by atoms with Crippen LogP contribution in [0.2, 0.25) is 0 Å². The number of carbonyl (C=O) groups excluding carboxylic acids is 2. The summed E-state index contributed by atoms with van der Waals surface area (Å²) in [4.78, 5) is 24.3.